The Morgan fingerprint density at radius 1 is 1.26 bits per heavy atom. The molecule has 2 rings (SSSR count). The molecule has 0 N–H and O–H groups in total. The van der Waals surface area contributed by atoms with Crippen LogP contribution in [0.25, 0.3) is 0 Å². The number of hydrogen-bond donors (Lipinski definition) is 0. The van der Waals surface area contributed by atoms with Gasteiger partial charge in [-0.15, -0.1) is 0 Å². The third-order valence-corrected chi connectivity index (χ3v) is 3.65. The zero-order valence-corrected chi connectivity index (χ0v) is 15.1. The summed E-state index contributed by atoms with van der Waals surface area (Å²) in [5, 5.41) is 0.466. The zero-order chi connectivity index (χ0) is 17.0. The maximum Gasteiger partial charge on any atom is 0.410 e. The molecule has 0 saturated carbocycles. The van der Waals surface area contributed by atoms with Crippen molar-refractivity contribution in [1.82, 2.24) is 14.9 Å². The lowest BCUT2D eigenvalue weighted by molar-refractivity contribution is 0.0240. The Morgan fingerprint density at radius 2 is 1.91 bits per heavy atom. The largest absolute Gasteiger partial charge is 0.444 e. The van der Waals surface area contributed by atoms with Crippen LogP contribution in [0.2, 0.25) is 5.15 Å². The van der Waals surface area contributed by atoms with Crippen LogP contribution in [0.4, 0.5) is 10.6 Å². The van der Waals surface area contributed by atoms with Gasteiger partial charge in [0, 0.05) is 38.7 Å². The molecule has 7 heteroatoms. The van der Waals surface area contributed by atoms with Crippen LogP contribution in [-0.2, 0) is 11.2 Å². The first kappa shape index (κ1) is 17.8. The first-order valence-electron chi connectivity index (χ1n) is 8.05. The minimum atomic E-state index is -0.469. The molecular formula is C16H25ClN4O2. The predicted octanol–water partition coefficient (Wildman–Crippen LogP) is 3.14. The van der Waals surface area contributed by atoms with Crippen LogP contribution in [0.1, 0.15) is 39.9 Å². The van der Waals surface area contributed by atoms with Crippen LogP contribution in [0.5, 0.6) is 0 Å². The summed E-state index contributed by atoms with van der Waals surface area (Å²) in [7, 11) is 0. The highest BCUT2D eigenvalue weighted by molar-refractivity contribution is 6.29. The Bertz CT molecular complexity index is 552. The normalized spacial score (nSPS) is 15.7. The van der Waals surface area contributed by atoms with E-state index in [4.69, 9.17) is 16.3 Å². The predicted molar refractivity (Wildman–Crippen MR) is 91.1 cm³/mol. The highest BCUT2D eigenvalue weighted by Crippen LogP contribution is 2.19. The highest BCUT2D eigenvalue weighted by Gasteiger charge is 2.26. The Morgan fingerprint density at radius 3 is 2.48 bits per heavy atom. The molecule has 0 atom stereocenters. The summed E-state index contributed by atoms with van der Waals surface area (Å²) in [6, 6.07) is 1.78. The number of aryl methyl sites for hydroxylation is 1. The first-order chi connectivity index (χ1) is 10.8. The van der Waals surface area contributed by atoms with Gasteiger partial charge in [0.2, 0.25) is 0 Å². The number of carbonyl (C=O) groups excluding carboxylic acids is 1. The summed E-state index contributed by atoms with van der Waals surface area (Å²) in [4.78, 5) is 24.8. The third kappa shape index (κ3) is 5.23. The molecule has 1 aromatic rings. The van der Waals surface area contributed by atoms with Crippen LogP contribution in [-0.4, -0.2) is 52.7 Å². The summed E-state index contributed by atoms with van der Waals surface area (Å²) in [6.07, 6.45) is 1.53. The van der Waals surface area contributed by atoms with Gasteiger partial charge in [-0.3, -0.25) is 0 Å². The Hall–Kier alpha value is -1.56. The first-order valence-corrected chi connectivity index (χ1v) is 8.42. The van der Waals surface area contributed by atoms with Gasteiger partial charge in [0.15, 0.2) is 0 Å². The molecule has 1 fully saturated rings. The number of amides is 1. The summed E-state index contributed by atoms with van der Waals surface area (Å²) in [5.74, 6) is 1.60. The van der Waals surface area contributed by atoms with Crippen molar-refractivity contribution in [2.24, 2.45) is 0 Å². The molecule has 0 spiro atoms. The minimum absolute atomic E-state index is 0.260. The van der Waals surface area contributed by atoms with Gasteiger partial charge in [-0.05, 0) is 27.2 Å². The topological polar surface area (TPSA) is 58.6 Å². The molecule has 0 aromatic carbocycles. The molecule has 1 aliphatic heterocycles. The molecule has 128 valence electrons. The maximum absolute atomic E-state index is 12.1. The van der Waals surface area contributed by atoms with Gasteiger partial charge in [-0.2, -0.15) is 0 Å². The molecule has 6 nitrogen and oxygen atoms in total. The second kappa shape index (κ2) is 7.34. The molecule has 0 aliphatic carbocycles. The molecule has 1 amide bonds. The average molecular weight is 341 g/mol. The number of rotatable bonds is 3. The molecule has 0 unspecified atom stereocenters. The van der Waals surface area contributed by atoms with Crippen molar-refractivity contribution in [3.05, 3.63) is 17.0 Å². The van der Waals surface area contributed by atoms with Crippen molar-refractivity contribution in [3.8, 4) is 0 Å². The SMILES string of the molecule is CCCc1nc(Cl)cc(N2CCN(C(=O)OC(C)(C)C)CC2)n1. The van der Waals surface area contributed by atoms with Crippen LogP contribution >= 0.6 is 11.6 Å². The quantitative estimate of drug-likeness (QED) is 0.791. The van der Waals surface area contributed by atoms with E-state index in [1.54, 1.807) is 11.0 Å². The lowest BCUT2D eigenvalue weighted by Gasteiger charge is -2.36. The van der Waals surface area contributed by atoms with Crippen LogP contribution < -0.4 is 4.90 Å². The van der Waals surface area contributed by atoms with Gasteiger partial charge in [-0.25, -0.2) is 14.8 Å². The Balaban J connectivity index is 1.98. The lowest BCUT2D eigenvalue weighted by Crippen LogP contribution is -2.50. The number of carbonyl (C=O) groups is 1. The number of nitrogens with zero attached hydrogens (tertiary/aromatic N) is 4. The van der Waals surface area contributed by atoms with Crippen molar-refractivity contribution in [3.63, 3.8) is 0 Å². The second-order valence-electron chi connectivity index (χ2n) is 6.67. The van der Waals surface area contributed by atoms with E-state index in [0.717, 1.165) is 24.5 Å². The fraction of sp³-hybridized carbons (Fsp3) is 0.688. The second-order valence-corrected chi connectivity index (χ2v) is 7.06. The van der Waals surface area contributed by atoms with Gasteiger partial charge in [0.05, 0.1) is 0 Å². The zero-order valence-electron chi connectivity index (χ0n) is 14.3. The molecule has 1 aromatic heterocycles. The van der Waals surface area contributed by atoms with Crippen LogP contribution in [0.15, 0.2) is 6.07 Å². The summed E-state index contributed by atoms with van der Waals surface area (Å²) in [5.41, 5.74) is -0.469. The molecule has 23 heavy (non-hydrogen) atoms. The molecule has 0 radical (unpaired) electrons. The van der Waals surface area contributed by atoms with Crippen LogP contribution in [0.3, 0.4) is 0 Å². The van der Waals surface area contributed by atoms with Gasteiger partial charge >= 0.3 is 6.09 Å². The molecule has 1 aliphatic rings. The van der Waals surface area contributed by atoms with E-state index in [0.29, 0.717) is 31.3 Å². The van der Waals surface area contributed by atoms with Gasteiger partial charge in [-0.1, -0.05) is 18.5 Å². The fourth-order valence-corrected chi connectivity index (χ4v) is 2.59. The van der Waals surface area contributed by atoms with E-state index in [2.05, 4.69) is 21.8 Å². The van der Waals surface area contributed by atoms with Crippen molar-refractivity contribution in [1.29, 1.82) is 0 Å². The van der Waals surface area contributed by atoms with Crippen LogP contribution in [0, 0.1) is 0 Å². The van der Waals surface area contributed by atoms with E-state index in [-0.39, 0.29) is 6.09 Å². The lowest BCUT2D eigenvalue weighted by atomic mass is 10.2. The number of ether oxygens (including phenoxy) is 1. The standard InChI is InChI=1S/C16H25ClN4O2/c1-5-6-13-18-12(17)11-14(19-13)20-7-9-21(10-8-20)15(22)23-16(2,3)4/h11H,5-10H2,1-4H3. The Labute approximate surface area is 142 Å². The number of aromatic nitrogens is 2. The smallest absolute Gasteiger partial charge is 0.410 e. The number of halogens is 1. The van der Waals surface area contributed by atoms with Crippen molar-refractivity contribution < 1.29 is 9.53 Å². The summed E-state index contributed by atoms with van der Waals surface area (Å²) < 4.78 is 5.41. The van der Waals surface area contributed by atoms with Crippen molar-refractivity contribution in [2.45, 2.75) is 46.1 Å². The van der Waals surface area contributed by atoms with Crippen molar-refractivity contribution in [2.75, 3.05) is 31.1 Å². The highest BCUT2D eigenvalue weighted by atomic mass is 35.5. The van der Waals surface area contributed by atoms with Gasteiger partial charge < -0.3 is 14.5 Å². The average Bonchev–Trinajstić information content (AvgIpc) is 2.45. The summed E-state index contributed by atoms with van der Waals surface area (Å²) >= 11 is 6.09. The van der Waals surface area contributed by atoms with E-state index in [9.17, 15) is 4.79 Å². The third-order valence-electron chi connectivity index (χ3n) is 3.46. The van der Waals surface area contributed by atoms with E-state index >= 15 is 0 Å². The molecule has 0 bridgehead atoms. The van der Waals surface area contributed by atoms with Gasteiger partial charge in [0.25, 0.3) is 0 Å². The molecular weight excluding hydrogens is 316 g/mol. The number of anilines is 1. The fourth-order valence-electron chi connectivity index (χ4n) is 2.39. The number of hydrogen-bond acceptors (Lipinski definition) is 5. The van der Waals surface area contributed by atoms with E-state index in [1.165, 1.54) is 0 Å². The van der Waals surface area contributed by atoms with Gasteiger partial charge in [0.1, 0.15) is 22.4 Å². The minimum Gasteiger partial charge on any atom is -0.444 e. The summed E-state index contributed by atoms with van der Waals surface area (Å²) in [6.45, 7) is 10.3. The number of piperazine rings is 1. The van der Waals surface area contributed by atoms with E-state index < -0.39 is 5.60 Å². The monoisotopic (exact) mass is 340 g/mol. The van der Waals surface area contributed by atoms with Crippen molar-refractivity contribution >= 4 is 23.5 Å². The Kier molecular flexibility index (Phi) is 5.68. The maximum atomic E-state index is 12.1. The molecule has 1 saturated heterocycles. The van der Waals surface area contributed by atoms with E-state index in [1.807, 2.05) is 20.8 Å². The molecule has 2 heterocycles.